The van der Waals surface area contributed by atoms with Crippen LogP contribution in [-0.4, -0.2) is 71.4 Å². The quantitative estimate of drug-likeness (QED) is 0.680. The predicted octanol–water partition coefficient (Wildman–Crippen LogP) is 3.26. The molecule has 0 bridgehead atoms. The molecule has 8 heteroatoms. The van der Waals surface area contributed by atoms with Gasteiger partial charge in [-0.05, 0) is 29.8 Å². The first kappa shape index (κ1) is 23.8. The molecule has 0 spiro atoms. The van der Waals surface area contributed by atoms with E-state index in [1.165, 1.54) is 4.90 Å². The van der Waals surface area contributed by atoms with Crippen LogP contribution in [0.4, 0.5) is 10.5 Å². The molecule has 2 aliphatic heterocycles. The van der Waals surface area contributed by atoms with Gasteiger partial charge in [-0.2, -0.15) is 0 Å². The summed E-state index contributed by atoms with van der Waals surface area (Å²) in [5.41, 5.74) is 2.23. The standard InChI is InChI=1S/C26H32N4O4/c1-3-22(31)27-21-12-8-11-20(17-21)24-23(25(32)29-15-13-28(4-2)14-16-29)30(26(33)34-24)18-19-9-6-5-7-10-19/h5-12,17,23-24H,3-4,13-16,18H2,1-2H3,(H,27,31). The monoisotopic (exact) mass is 464 g/mol. The summed E-state index contributed by atoms with van der Waals surface area (Å²) in [7, 11) is 0. The Balaban J connectivity index is 1.63. The molecule has 2 saturated heterocycles. The van der Waals surface area contributed by atoms with Gasteiger partial charge in [0.05, 0.1) is 6.54 Å². The lowest BCUT2D eigenvalue weighted by atomic mass is 9.99. The maximum Gasteiger partial charge on any atom is 0.411 e. The molecule has 180 valence electrons. The molecule has 4 rings (SSSR count). The van der Waals surface area contributed by atoms with Gasteiger partial charge in [-0.25, -0.2) is 4.79 Å². The number of piperazine rings is 1. The molecular weight excluding hydrogens is 432 g/mol. The Morgan fingerprint density at radius 3 is 2.41 bits per heavy atom. The Morgan fingerprint density at radius 2 is 1.74 bits per heavy atom. The van der Waals surface area contributed by atoms with Crippen molar-refractivity contribution < 1.29 is 19.1 Å². The fourth-order valence-electron chi connectivity index (χ4n) is 4.49. The lowest BCUT2D eigenvalue weighted by Crippen LogP contribution is -2.54. The number of nitrogens with one attached hydrogen (secondary N) is 1. The average molecular weight is 465 g/mol. The number of likely N-dealkylation sites (N-methyl/N-ethyl adjacent to an activating group) is 1. The molecule has 2 heterocycles. The first-order valence-corrected chi connectivity index (χ1v) is 11.9. The number of hydrogen-bond donors (Lipinski definition) is 1. The van der Waals surface area contributed by atoms with E-state index in [4.69, 9.17) is 4.74 Å². The van der Waals surface area contributed by atoms with E-state index in [-0.39, 0.29) is 18.4 Å². The summed E-state index contributed by atoms with van der Waals surface area (Å²) in [5, 5.41) is 2.84. The fourth-order valence-corrected chi connectivity index (χ4v) is 4.49. The van der Waals surface area contributed by atoms with Crippen molar-refractivity contribution in [2.45, 2.75) is 39.0 Å². The first-order valence-electron chi connectivity index (χ1n) is 11.9. The van der Waals surface area contributed by atoms with Crippen molar-refractivity contribution in [3.05, 3.63) is 65.7 Å². The summed E-state index contributed by atoms with van der Waals surface area (Å²) < 4.78 is 5.80. The minimum Gasteiger partial charge on any atom is -0.438 e. The Hall–Kier alpha value is -3.39. The predicted molar refractivity (Wildman–Crippen MR) is 129 cm³/mol. The second kappa shape index (κ2) is 10.7. The second-order valence-corrected chi connectivity index (χ2v) is 8.65. The van der Waals surface area contributed by atoms with E-state index in [0.717, 1.165) is 25.2 Å². The number of rotatable bonds is 7. The van der Waals surface area contributed by atoms with E-state index in [9.17, 15) is 14.4 Å². The highest BCUT2D eigenvalue weighted by atomic mass is 16.6. The van der Waals surface area contributed by atoms with Gasteiger partial charge in [-0.1, -0.05) is 56.3 Å². The van der Waals surface area contributed by atoms with Crippen molar-refractivity contribution in [3.8, 4) is 0 Å². The molecule has 34 heavy (non-hydrogen) atoms. The smallest absolute Gasteiger partial charge is 0.411 e. The molecule has 2 fully saturated rings. The molecule has 2 aliphatic rings. The third kappa shape index (κ3) is 5.22. The topological polar surface area (TPSA) is 82.2 Å². The van der Waals surface area contributed by atoms with E-state index in [1.807, 2.05) is 41.3 Å². The number of anilines is 1. The van der Waals surface area contributed by atoms with Gasteiger partial charge in [0, 0.05) is 38.3 Å². The van der Waals surface area contributed by atoms with Crippen LogP contribution in [0.3, 0.4) is 0 Å². The summed E-state index contributed by atoms with van der Waals surface area (Å²) in [4.78, 5) is 44.4. The van der Waals surface area contributed by atoms with Crippen molar-refractivity contribution in [2.75, 3.05) is 38.0 Å². The normalized spacial score (nSPS) is 20.8. The number of carbonyl (C=O) groups excluding carboxylic acids is 3. The summed E-state index contributed by atoms with van der Waals surface area (Å²) in [5.74, 6) is -0.210. The lowest BCUT2D eigenvalue weighted by molar-refractivity contribution is -0.138. The summed E-state index contributed by atoms with van der Waals surface area (Å²) >= 11 is 0. The van der Waals surface area contributed by atoms with Crippen LogP contribution in [0.25, 0.3) is 0 Å². The van der Waals surface area contributed by atoms with Crippen LogP contribution >= 0.6 is 0 Å². The average Bonchev–Trinajstić information content (AvgIpc) is 3.20. The third-order valence-corrected chi connectivity index (χ3v) is 6.48. The van der Waals surface area contributed by atoms with E-state index in [2.05, 4.69) is 17.1 Å². The van der Waals surface area contributed by atoms with Crippen LogP contribution in [0.15, 0.2) is 54.6 Å². The van der Waals surface area contributed by atoms with E-state index >= 15 is 0 Å². The van der Waals surface area contributed by atoms with Crippen molar-refractivity contribution in [3.63, 3.8) is 0 Å². The van der Waals surface area contributed by atoms with Crippen molar-refractivity contribution >= 4 is 23.6 Å². The van der Waals surface area contributed by atoms with E-state index < -0.39 is 18.2 Å². The molecule has 3 amide bonds. The van der Waals surface area contributed by atoms with E-state index in [1.54, 1.807) is 25.1 Å². The molecule has 2 unspecified atom stereocenters. The Morgan fingerprint density at radius 1 is 1.00 bits per heavy atom. The maximum atomic E-state index is 13.8. The molecule has 0 radical (unpaired) electrons. The zero-order chi connectivity index (χ0) is 24.1. The highest BCUT2D eigenvalue weighted by molar-refractivity contribution is 5.91. The number of nitrogens with zero attached hydrogens (tertiary/aromatic N) is 3. The zero-order valence-corrected chi connectivity index (χ0v) is 19.8. The zero-order valence-electron chi connectivity index (χ0n) is 19.8. The fraction of sp³-hybridized carbons (Fsp3) is 0.423. The third-order valence-electron chi connectivity index (χ3n) is 6.48. The highest BCUT2D eigenvalue weighted by Crippen LogP contribution is 2.36. The Kier molecular flexibility index (Phi) is 7.47. The number of amides is 3. The van der Waals surface area contributed by atoms with Crippen LogP contribution in [0, 0.1) is 0 Å². The first-order chi connectivity index (χ1) is 16.5. The van der Waals surface area contributed by atoms with Crippen LogP contribution in [0.2, 0.25) is 0 Å². The van der Waals surface area contributed by atoms with Gasteiger partial charge in [0.2, 0.25) is 11.8 Å². The SMILES string of the molecule is CCC(=O)Nc1cccc(C2OC(=O)N(Cc3ccccc3)C2C(=O)N2CCN(CC)CC2)c1. The molecule has 0 aromatic heterocycles. The van der Waals surface area contributed by atoms with Gasteiger partial charge in [0.1, 0.15) is 0 Å². The van der Waals surface area contributed by atoms with Crippen LogP contribution in [0.1, 0.15) is 37.5 Å². The molecule has 0 aliphatic carbocycles. The van der Waals surface area contributed by atoms with Crippen molar-refractivity contribution in [2.24, 2.45) is 0 Å². The van der Waals surface area contributed by atoms with Gasteiger partial charge in [-0.15, -0.1) is 0 Å². The number of hydrogen-bond acceptors (Lipinski definition) is 5. The minimum absolute atomic E-state index is 0.104. The molecule has 2 aromatic rings. The van der Waals surface area contributed by atoms with Gasteiger partial charge in [0.25, 0.3) is 0 Å². The molecule has 8 nitrogen and oxygen atoms in total. The van der Waals surface area contributed by atoms with Gasteiger partial charge < -0.3 is 19.9 Å². The number of cyclic esters (lactones) is 1. The molecule has 0 saturated carbocycles. The minimum atomic E-state index is -0.780. The molecule has 1 N–H and O–H groups in total. The number of ether oxygens (including phenoxy) is 1. The highest BCUT2D eigenvalue weighted by Gasteiger charge is 2.48. The number of carbonyl (C=O) groups is 3. The number of benzene rings is 2. The maximum absolute atomic E-state index is 13.8. The Bertz CT molecular complexity index is 1020. The van der Waals surface area contributed by atoms with Crippen LogP contribution < -0.4 is 5.32 Å². The molecule has 2 aromatic carbocycles. The van der Waals surface area contributed by atoms with Crippen LogP contribution in [0.5, 0.6) is 0 Å². The van der Waals surface area contributed by atoms with Gasteiger partial charge in [0.15, 0.2) is 12.1 Å². The largest absolute Gasteiger partial charge is 0.438 e. The van der Waals surface area contributed by atoms with E-state index in [0.29, 0.717) is 30.8 Å². The van der Waals surface area contributed by atoms with Crippen LogP contribution in [-0.2, 0) is 20.9 Å². The van der Waals surface area contributed by atoms with Gasteiger partial charge in [-0.3, -0.25) is 14.5 Å². The molecule has 2 atom stereocenters. The lowest BCUT2D eigenvalue weighted by Gasteiger charge is -2.37. The summed E-state index contributed by atoms with van der Waals surface area (Å²) in [6.07, 6.45) is -0.910. The van der Waals surface area contributed by atoms with Crippen molar-refractivity contribution in [1.82, 2.24) is 14.7 Å². The molecular formula is C26H32N4O4. The van der Waals surface area contributed by atoms with Crippen molar-refractivity contribution in [1.29, 1.82) is 0 Å². The summed E-state index contributed by atoms with van der Waals surface area (Å²) in [6, 6.07) is 16.0. The Labute approximate surface area is 200 Å². The second-order valence-electron chi connectivity index (χ2n) is 8.65. The van der Waals surface area contributed by atoms with Gasteiger partial charge >= 0.3 is 6.09 Å². The summed E-state index contributed by atoms with van der Waals surface area (Å²) in [6.45, 7) is 8.00.